The lowest BCUT2D eigenvalue weighted by Crippen LogP contribution is -2.41. The standard InChI is InChI=1S/C33H39FN2O4/c1-23-11-14-26(22-29(23)25-17-19-36(20-18-25)32(38)40-33(2,3)4)35-31(37)10-7-21-39-27-15-12-24(13-16-27)28-8-5-6-9-30(28)34/h5-6,8-9,11-16,22,25H,7,10,17-21H2,1-4H3,(H,35,37). The number of piperidine rings is 1. The molecule has 6 nitrogen and oxygen atoms in total. The first-order valence-corrected chi connectivity index (χ1v) is 13.9. The molecule has 40 heavy (non-hydrogen) atoms. The minimum Gasteiger partial charge on any atom is -0.494 e. The van der Waals surface area contributed by atoms with E-state index in [1.165, 1.54) is 17.2 Å². The number of nitrogens with one attached hydrogen (secondary N) is 1. The molecule has 7 heteroatoms. The number of nitrogens with zero attached hydrogens (tertiary/aromatic N) is 1. The molecule has 1 aliphatic heterocycles. The van der Waals surface area contributed by atoms with Gasteiger partial charge in [-0.05, 0) is 99.9 Å². The van der Waals surface area contributed by atoms with Crippen LogP contribution in [0.4, 0.5) is 14.9 Å². The first-order valence-electron chi connectivity index (χ1n) is 13.9. The van der Waals surface area contributed by atoms with E-state index in [0.717, 1.165) is 24.1 Å². The first kappa shape index (κ1) is 29.1. The number of likely N-dealkylation sites (tertiary alicyclic amines) is 1. The Balaban J connectivity index is 1.22. The van der Waals surface area contributed by atoms with Crippen LogP contribution in [0, 0.1) is 12.7 Å². The summed E-state index contributed by atoms with van der Waals surface area (Å²) in [5, 5.41) is 3.02. The quantitative estimate of drug-likeness (QED) is 0.294. The predicted molar refractivity (Wildman–Crippen MR) is 156 cm³/mol. The monoisotopic (exact) mass is 546 g/mol. The molecule has 1 N–H and O–H groups in total. The second kappa shape index (κ2) is 13.0. The van der Waals surface area contributed by atoms with Crippen molar-refractivity contribution in [2.45, 2.75) is 64.9 Å². The Morgan fingerprint density at radius 3 is 2.38 bits per heavy atom. The number of ether oxygens (including phenoxy) is 2. The molecular weight excluding hydrogens is 507 g/mol. The molecule has 0 aromatic heterocycles. The van der Waals surface area contributed by atoms with Crippen LogP contribution in [0.15, 0.2) is 66.7 Å². The van der Waals surface area contributed by atoms with Crippen LogP contribution < -0.4 is 10.1 Å². The fraction of sp³-hybridized carbons (Fsp3) is 0.394. The zero-order chi connectivity index (χ0) is 28.7. The summed E-state index contributed by atoms with van der Waals surface area (Å²) < 4.78 is 25.3. The molecule has 4 rings (SSSR count). The molecule has 0 atom stereocenters. The van der Waals surface area contributed by atoms with Crippen LogP contribution in [0.5, 0.6) is 5.75 Å². The van der Waals surface area contributed by atoms with Crippen LogP contribution in [0.3, 0.4) is 0 Å². The molecule has 0 radical (unpaired) electrons. The Labute approximate surface area is 236 Å². The van der Waals surface area contributed by atoms with Crippen LogP contribution >= 0.6 is 0 Å². The molecule has 2 amide bonds. The Morgan fingerprint density at radius 1 is 1.00 bits per heavy atom. The molecule has 0 saturated carbocycles. The van der Waals surface area contributed by atoms with Gasteiger partial charge in [-0.25, -0.2) is 9.18 Å². The lowest BCUT2D eigenvalue weighted by Gasteiger charge is -2.34. The molecule has 1 saturated heterocycles. The van der Waals surface area contributed by atoms with Gasteiger partial charge in [-0.2, -0.15) is 0 Å². The summed E-state index contributed by atoms with van der Waals surface area (Å²) in [6.45, 7) is 9.43. The summed E-state index contributed by atoms with van der Waals surface area (Å²) in [6.07, 6.45) is 2.37. The minimum atomic E-state index is -0.501. The van der Waals surface area contributed by atoms with Crippen LogP contribution in [0.1, 0.15) is 63.5 Å². The van der Waals surface area contributed by atoms with Crippen molar-refractivity contribution in [3.63, 3.8) is 0 Å². The highest BCUT2D eigenvalue weighted by Crippen LogP contribution is 2.32. The van der Waals surface area contributed by atoms with Crippen LogP contribution in [0.25, 0.3) is 11.1 Å². The number of rotatable bonds is 8. The molecular formula is C33H39FN2O4. The third kappa shape index (κ3) is 8.07. The van der Waals surface area contributed by atoms with E-state index >= 15 is 0 Å². The SMILES string of the molecule is Cc1ccc(NC(=O)CCCOc2ccc(-c3ccccc3F)cc2)cc1C1CCN(C(=O)OC(C)(C)C)CC1. The molecule has 1 aliphatic rings. The Morgan fingerprint density at radius 2 is 1.70 bits per heavy atom. The Hall–Kier alpha value is -3.87. The van der Waals surface area contributed by atoms with Gasteiger partial charge in [0.05, 0.1) is 6.61 Å². The molecule has 3 aromatic rings. The third-order valence-electron chi connectivity index (χ3n) is 7.01. The molecule has 0 spiro atoms. The van der Waals surface area contributed by atoms with E-state index in [4.69, 9.17) is 9.47 Å². The number of benzene rings is 3. The molecule has 1 fully saturated rings. The number of halogens is 1. The molecule has 3 aromatic carbocycles. The summed E-state index contributed by atoms with van der Waals surface area (Å²) in [5.74, 6) is 0.689. The number of anilines is 1. The number of aryl methyl sites for hydroxylation is 1. The number of carbonyl (C=O) groups excluding carboxylic acids is 2. The summed E-state index contributed by atoms with van der Waals surface area (Å²) >= 11 is 0. The van der Waals surface area contributed by atoms with Crippen LogP contribution in [0.2, 0.25) is 0 Å². The first-order chi connectivity index (χ1) is 19.1. The lowest BCUT2D eigenvalue weighted by molar-refractivity contribution is -0.116. The van der Waals surface area contributed by atoms with Crippen molar-refractivity contribution in [2.24, 2.45) is 0 Å². The van der Waals surface area contributed by atoms with Crippen molar-refractivity contribution >= 4 is 17.7 Å². The van der Waals surface area contributed by atoms with Gasteiger partial charge < -0.3 is 19.7 Å². The molecule has 0 bridgehead atoms. The normalized spacial score (nSPS) is 14.1. The average molecular weight is 547 g/mol. The van der Waals surface area contributed by atoms with Gasteiger partial charge in [0, 0.05) is 30.8 Å². The summed E-state index contributed by atoms with van der Waals surface area (Å²) in [6, 6.07) is 20.0. The molecule has 0 unspecified atom stereocenters. The van der Waals surface area contributed by atoms with Gasteiger partial charge in [-0.1, -0.05) is 36.4 Å². The number of hydrogen-bond donors (Lipinski definition) is 1. The van der Waals surface area contributed by atoms with E-state index in [2.05, 4.69) is 18.3 Å². The van der Waals surface area contributed by atoms with Gasteiger partial charge in [0.2, 0.25) is 5.91 Å². The largest absolute Gasteiger partial charge is 0.494 e. The number of amides is 2. The van der Waals surface area contributed by atoms with E-state index in [1.807, 2.05) is 63.2 Å². The number of carbonyl (C=O) groups is 2. The van der Waals surface area contributed by atoms with Crippen molar-refractivity contribution < 1.29 is 23.5 Å². The topological polar surface area (TPSA) is 67.9 Å². The van der Waals surface area contributed by atoms with Gasteiger partial charge in [0.1, 0.15) is 17.2 Å². The highest BCUT2D eigenvalue weighted by molar-refractivity contribution is 5.90. The van der Waals surface area contributed by atoms with Crippen molar-refractivity contribution in [3.05, 3.63) is 83.7 Å². The molecule has 212 valence electrons. The zero-order valence-corrected chi connectivity index (χ0v) is 23.8. The van der Waals surface area contributed by atoms with E-state index in [9.17, 15) is 14.0 Å². The second-order valence-corrected chi connectivity index (χ2v) is 11.3. The minimum absolute atomic E-state index is 0.0620. The van der Waals surface area contributed by atoms with Gasteiger partial charge in [0.15, 0.2) is 0 Å². The molecule has 0 aliphatic carbocycles. The van der Waals surface area contributed by atoms with Gasteiger partial charge in [-0.15, -0.1) is 0 Å². The van der Waals surface area contributed by atoms with Crippen LogP contribution in [-0.4, -0.2) is 42.2 Å². The van der Waals surface area contributed by atoms with E-state index < -0.39 is 5.60 Å². The summed E-state index contributed by atoms with van der Waals surface area (Å²) in [5.41, 5.74) is 4.02. The van der Waals surface area contributed by atoms with Crippen molar-refractivity contribution in [2.75, 3.05) is 25.0 Å². The van der Waals surface area contributed by atoms with E-state index in [1.54, 1.807) is 17.0 Å². The Kier molecular flexibility index (Phi) is 9.46. The second-order valence-electron chi connectivity index (χ2n) is 11.3. The predicted octanol–water partition coefficient (Wildman–Crippen LogP) is 7.71. The highest BCUT2D eigenvalue weighted by atomic mass is 19.1. The fourth-order valence-electron chi connectivity index (χ4n) is 4.93. The maximum atomic E-state index is 14.0. The fourth-order valence-corrected chi connectivity index (χ4v) is 4.93. The maximum Gasteiger partial charge on any atom is 0.410 e. The van der Waals surface area contributed by atoms with E-state index in [-0.39, 0.29) is 17.8 Å². The summed E-state index contributed by atoms with van der Waals surface area (Å²) in [7, 11) is 0. The molecule has 1 heterocycles. The van der Waals surface area contributed by atoms with Crippen molar-refractivity contribution in [1.82, 2.24) is 4.90 Å². The van der Waals surface area contributed by atoms with Gasteiger partial charge in [0.25, 0.3) is 0 Å². The average Bonchev–Trinajstić information content (AvgIpc) is 2.92. The smallest absolute Gasteiger partial charge is 0.410 e. The highest BCUT2D eigenvalue weighted by Gasteiger charge is 2.28. The Bertz CT molecular complexity index is 1310. The lowest BCUT2D eigenvalue weighted by atomic mass is 9.86. The number of hydrogen-bond acceptors (Lipinski definition) is 4. The zero-order valence-electron chi connectivity index (χ0n) is 23.8. The van der Waals surface area contributed by atoms with Crippen LogP contribution in [-0.2, 0) is 9.53 Å². The summed E-state index contributed by atoms with van der Waals surface area (Å²) in [4.78, 5) is 26.8. The van der Waals surface area contributed by atoms with E-state index in [0.29, 0.717) is 49.8 Å². The van der Waals surface area contributed by atoms with Gasteiger partial charge >= 0.3 is 6.09 Å². The third-order valence-corrected chi connectivity index (χ3v) is 7.01. The maximum absolute atomic E-state index is 14.0. The van der Waals surface area contributed by atoms with Crippen molar-refractivity contribution in [1.29, 1.82) is 0 Å². The van der Waals surface area contributed by atoms with Crippen molar-refractivity contribution in [3.8, 4) is 16.9 Å². The van der Waals surface area contributed by atoms with Gasteiger partial charge in [-0.3, -0.25) is 4.79 Å².